The van der Waals surface area contributed by atoms with Crippen molar-refractivity contribution < 1.29 is 0 Å². The molecule has 0 atom stereocenters. The van der Waals surface area contributed by atoms with Gasteiger partial charge in [0.25, 0.3) is 0 Å². The molecule has 0 bridgehead atoms. The van der Waals surface area contributed by atoms with E-state index in [-0.39, 0.29) is 0 Å². The highest BCUT2D eigenvalue weighted by molar-refractivity contribution is 9.10. The fourth-order valence-corrected chi connectivity index (χ4v) is 2.81. The van der Waals surface area contributed by atoms with E-state index in [4.69, 9.17) is 0 Å². The van der Waals surface area contributed by atoms with Crippen LogP contribution in [-0.2, 0) is 13.0 Å². The third-order valence-electron chi connectivity index (χ3n) is 2.94. The van der Waals surface area contributed by atoms with Crippen molar-refractivity contribution in [1.29, 1.82) is 0 Å². The van der Waals surface area contributed by atoms with Gasteiger partial charge in [0.2, 0.25) is 0 Å². The van der Waals surface area contributed by atoms with Crippen LogP contribution < -0.4 is 11.1 Å². The van der Waals surface area contributed by atoms with Gasteiger partial charge in [0.1, 0.15) is 0 Å². The molecule has 5 heteroatoms. The number of H-pyrrole nitrogens is 1. The topological polar surface area (TPSA) is 54.9 Å². The number of halogens is 1. The lowest BCUT2D eigenvalue weighted by Gasteiger charge is -2.18. The van der Waals surface area contributed by atoms with Crippen LogP contribution in [0.2, 0.25) is 0 Å². The van der Waals surface area contributed by atoms with E-state index in [1.54, 1.807) is 4.57 Å². The second-order valence-corrected chi connectivity index (χ2v) is 4.89. The minimum Gasteiger partial charge on any atom is -0.316 e. The van der Waals surface area contributed by atoms with Crippen molar-refractivity contribution in [2.75, 3.05) is 0 Å². The molecule has 0 aliphatic carbocycles. The molecule has 0 saturated heterocycles. The zero-order chi connectivity index (χ0) is 11.3. The maximum atomic E-state index is 11.7. The van der Waals surface area contributed by atoms with Crippen molar-refractivity contribution in [1.82, 2.24) is 9.55 Å². The Kier molecular flexibility index (Phi) is 2.04. The van der Waals surface area contributed by atoms with Gasteiger partial charge in [-0.2, -0.15) is 0 Å². The molecule has 1 aromatic carbocycles. The fourth-order valence-electron chi connectivity index (χ4n) is 2.30. The molecule has 82 valence electrons. The largest absolute Gasteiger partial charge is 0.316 e. The van der Waals surface area contributed by atoms with Gasteiger partial charge >= 0.3 is 11.1 Å². The summed E-state index contributed by atoms with van der Waals surface area (Å²) in [5.41, 5.74) is 1.73. The number of nitrogens with one attached hydrogen (secondary N) is 1. The molecule has 2 heterocycles. The number of aromatic nitrogens is 2. The number of aryl methyl sites for hydroxylation is 2. The molecule has 0 saturated carbocycles. The van der Waals surface area contributed by atoms with Gasteiger partial charge in [-0.1, -0.05) is 15.9 Å². The first-order chi connectivity index (χ1) is 7.66. The summed E-state index contributed by atoms with van der Waals surface area (Å²) in [6.45, 7) is 0.633. The number of benzene rings is 1. The molecule has 1 aliphatic rings. The summed E-state index contributed by atoms with van der Waals surface area (Å²) < 4.78 is 2.51. The third-order valence-corrected chi connectivity index (χ3v) is 3.40. The Hall–Kier alpha value is -1.36. The van der Waals surface area contributed by atoms with Crippen LogP contribution in [0.25, 0.3) is 11.0 Å². The molecule has 0 fully saturated rings. The highest BCUT2D eigenvalue weighted by Gasteiger charge is 2.16. The quantitative estimate of drug-likeness (QED) is 0.742. The van der Waals surface area contributed by atoms with Crippen LogP contribution in [0.15, 0.2) is 26.2 Å². The van der Waals surface area contributed by atoms with Crippen molar-refractivity contribution >= 4 is 27.0 Å². The molecule has 4 nitrogen and oxygen atoms in total. The molecule has 0 amide bonds. The highest BCUT2D eigenvalue weighted by Crippen LogP contribution is 2.25. The Morgan fingerprint density at radius 3 is 2.94 bits per heavy atom. The SMILES string of the molecule is O=c1[nH]c2cc(Br)cc3c2n(c1=O)CCC3. The maximum absolute atomic E-state index is 11.7. The Labute approximate surface area is 99.0 Å². The summed E-state index contributed by atoms with van der Waals surface area (Å²) in [6.07, 6.45) is 1.85. The van der Waals surface area contributed by atoms with Gasteiger partial charge in [0.05, 0.1) is 11.0 Å². The minimum atomic E-state index is -0.543. The lowest BCUT2D eigenvalue weighted by molar-refractivity contribution is 0.609. The van der Waals surface area contributed by atoms with E-state index >= 15 is 0 Å². The summed E-state index contributed by atoms with van der Waals surface area (Å²) >= 11 is 3.41. The second-order valence-electron chi connectivity index (χ2n) is 3.98. The lowest BCUT2D eigenvalue weighted by Crippen LogP contribution is -2.38. The number of nitrogens with zero attached hydrogens (tertiary/aromatic N) is 1. The summed E-state index contributed by atoms with van der Waals surface area (Å²) in [7, 11) is 0. The maximum Gasteiger partial charge on any atom is 0.316 e. The molecule has 1 N–H and O–H groups in total. The smallest absolute Gasteiger partial charge is 0.316 e. The molecule has 0 radical (unpaired) electrons. The van der Waals surface area contributed by atoms with E-state index in [9.17, 15) is 9.59 Å². The average Bonchev–Trinajstić information content (AvgIpc) is 2.25. The second kappa shape index (κ2) is 3.31. The zero-order valence-corrected chi connectivity index (χ0v) is 10.0. The predicted octanol–water partition coefficient (Wildman–Crippen LogP) is 1.40. The Bertz CT molecular complexity index is 699. The highest BCUT2D eigenvalue weighted by atomic mass is 79.9. The van der Waals surface area contributed by atoms with Gasteiger partial charge in [-0.25, -0.2) is 0 Å². The van der Waals surface area contributed by atoms with Gasteiger partial charge in [-0.3, -0.25) is 9.59 Å². The van der Waals surface area contributed by atoms with Gasteiger partial charge in [0, 0.05) is 11.0 Å². The van der Waals surface area contributed by atoms with E-state index in [0.29, 0.717) is 6.54 Å². The van der Waals surface area contributed by atoms with Gasteiger partial charge in [-0.05, 0) is 30.5 Å². The van der Waals surface area contributed by atoms with Crippen molar-refractivity contribution in [3.05, 3.63) is 42.9 Å². The van der Waals surface area contributed by atoms with E-state index in [1.807, 2.05) is 12.1 Å². The first-order valence-corrected chi connectivity index (χ1v) is 5.91. The van der Waals surface area contributed by atoms with Crippen molar-refractivity contribution in [3.8, 4) is 0 Å². The third kappa shape index (κ3) is 1.28. The fraction of sp³-hybridized carbons (Fsp3) is 0.273. The van der Waals surface area contributed by atoms with Crippen LogP contribution in [0.5, 0.6) is 0 Å². The molecular weight excluding hydrogens is 272 g/mol. The number of rotatable bonds is 0. The standard InChI is InChI=1S/C11H9BrN2O2/c12-7-4-6-2-1-3-14-9(6)8(5-7)13-10(15)11(14)16/h4-5H,1-3H2,(H,13,15). The first kappa shape index (κ1) is 9.84. The van der Waals surface area contributed by atoms with Crippen molar-refractivity contribution in [2.24, 2.45) is 0 Å². The molecular formula is C11H9BrN2O2. The average molecular weight is 281 g/mol. The summed E-state index contributed by atoms with van der Waals surface area (Å²) in [5, 5.41) is 0. The van der Waals surface area contributed by atoms with Crippen molar-refractivity contribution in [3.63, 3.8) is 0 Å². The summed E-state index contributed by atoms with van der Waals surface area (Å²) in [6, 6.07) is 3.84. The molecule has 0 unspecified atom stereocenters. The predicted molar refractivity (Wildman–Crippen MR) is 64.8 cm³/mol. The van der Waals surface area contributed by atoms with Gasteiger partial charge < -0.3 is 9.55 Å². The monoisotopic (exact) mass is 280 g/mol. The Morgan fingerprint density at radius 1 is 1.31 bits per heavy atom. The normalized spacial score (nSPS) is 14.3. The van der Waals surface area contributed by atoms with E-state index in [0.717, 1.165) is 33.9 Å². The summed E-state index contributed by atoms with van der Waals surface area (Å²) in [4.78, 5) is 25.8. The number of hydrogen-bond donors (Lipinski definition) is 1. The zero-order valence-electron chi connectivity index (χ0n) is 8.42. The summed E-state index contributed by atoms with van der Waals surface area (Å²) in [5.74, 6) is 0. The van der Waals surface area contributed by atoms with Gasteiger partial charge in [0.15, 0.2) is 0 Å². The molecule has 16 heavy (non-hydrogen) atoms. The lowest BCUT2D eigenvalue weighted by atomic mass is 10.0. The van der Waals surface area contributed by atoms with Crippen LogP contribution in [0, 0.1) is 0 Å². The van der Waals surface area contributed by atoms with Crippen LogP contribution in [0.1, 0.15) is 12.0 Å². The van der Waals surface area contributed by atoms with Crippen molar-refractivity contribution in [2.45, 2.75) is 19.4 Å². The minimum absolute atomic E-state index is 0.448. The van der Waals surface area contributed by atoms with E-state index in [2.05, 4.69) is 20.9 Å². The van der Waals surface area contributed by atoms with Crippen LogP contribution in [-0.4, -0.2) is 9.55 Å². The van der Waals surface area contributed by atoms with Crippen LogP contribution >= 0.6 is 15.9 Å². The molecule has 0 spiro atoms. The molecule has 1 aliphatic heterocycles. The Morgan fingerprint density at radius 2 is 2.12 bits per heavy atom. The van der Waals surface area contributed by atoms with E-state index < -0.39 is 11.1 Å². The first-order valence-electron chi connectivity index (χ1n) is 5.12. The molecule has 3 rings (SSSR count). The van der Waals surface area contributed by atoms with E-state index in [1.165, 1.54) is 0 Å². The number of aromatic amines is 1. The van der Waals surface area contributed by atoms with Gasteiger partial charge in [-0.15, -0.1) is 0 Å². The number of hydrogen-bond acceptors (Lipinski definition) is 2. The van der Waals surface area contributed by atoms with Crippen LogP contribution in [0.3, 0.4) is 0 Å². The molecule has 1 aromatic heterocycles. The Balaban J connectivity index is 2.61. The molecule has 2 aromatic rings. The van der Waals surface area contributed by atoms with Crippen LogP contribution in [0.4, 0.5) is 0 Å².